The minimum Gasteiger partial charge on any atom is -0.373 e. The van der Waals surface area contributed by atoms with Gasteiger partial charge in [-0.3, -0.25) is 4.98 Å². The summed E-state index contributed by atoms with van der Waals surface area (Å²) in [5, 5.41) is 10.4. The summed E-state index contributed by atoms with van der Waals surface area (Å²) in [7, 11) is 2.08. The molecule has 0 spiro atoms. The monoisotopic (exact) mass is 251 g/mol. The Hall–Kier alpha value is -2.08. The number of para-hydroxylation sites is 1. The lowest BCUT2D eigenvalue weighted by Gasteiger charge is -2.22. The highest BCUT2D eigenvalue weighted by Crippen LogP contribution is 2.39. The van der Waals surface area contributed by atoms with Crippen molar-refractivity contribution >= 4 is 16.6 Å². The maximum absolute atomic E-state index is 9.31. The van der Waals surface area contributed by atoms with E-state index < -0.39 is 0 Å². The largest absolute Gasteiger partial charge is 0.373 e. The van der Waals surface area contributed by atoms with Crippen molar-refractivity contribution in [2.45, 2.75) is 13.3 Å². The van der Waals surface area contributed by atoms with E-state index >= 15 is 0 Å². The van der Waals surface area contributed by atoms with Gasteiger partial charge in [0.05, 0.1) is 16.8 Å². The van der Waals surface area contributed by atoms with Crippen LogP contribution in [0.2, 0.25) is 0 Å². The molecule has 1 heterocycles. The molecular formula is C16H17N3. The van der Waals surface area contributed by atoms with Gasteiger partial charge in [0.2, 0.25) is 0 Å². The Bertz CT molecular complexity index is 657. The van der Waals surface area contributed by atoms with Gasteiger partial charge in [-0.25, -0.2) is 0 Å². The summed E-state index contributed by atoms with van der Waals surface area (Å²) in [4.78, 5) is 6.57. The molecular weight excluding hydrogens is 234 g/mol. The zero-order valence-electron chi connectivity index (χ0n) is 11.3. The van der Waals surface area contributed by atoms with Crippen LogP contribution in [0.3, 0.4) is 0 Å². The van der Waals surface area contributed by atoms with Gasteiger partial charge in [-0.15, -0.1) is 0 Å². The van der Waals surface area contributed by atoms with Crippen molar-refractivity contribution in [1.29, 1.82) is 5.26 Å². The molecule has 19 heavy (non-hydrogen) atoms. The quantitative estimate of drug-likeness (QED) is 0.841. The molecule has 1 aliphatic carbocycles. The molecule has 0 amide bonds. The number of nitriles is 1. The van der Waals surface area contributed by atoms with Gasteiger partial charge >= 0.3 is 0 Å². The molecule has 3 nitrogen and oxygen atoms in total. The highest BCUT2D eigenvalue weighted by molar-refractivity contribution is 5.94. The molecule has 2 aromatic rings. The molecule has 3 rings (SSSR count). The third kappa shape index (κ3) is 2.15. The molecule has 0 aliphatic heterocycles. The maximum Gasteiger partial charge on any atom is 0.103 e. The average Bonchev–Trinajstić information content (AvgIpc) is 3.12. The molecule has 0 saturated heterocycles. The topological polar surface area (TPSA) is 39.9 Å². The number of hydrogen-bond donors (Lipinski definition) is 0. The highest BCUT2D eigenvalue weighted by Gasteiger charge is 2.33. The van der Waals surface area contributed by atoms with E-state index in [0.717, 1.165) is 35.0 Å². The van der Waals surface area contributed by atoms with Crippen molar-refractivity contribution in [3.05, 3.63) is 36.0 Å². The number of aromatic nitrogens is 1. The second-order valence-corrected chi connectivity index (χ2v) is 5.50. The van der Waals surface area contributed by atoms with Gasteiger partial charge in [0.25, 0.3) is 0 Å². The first-order valence-electron chi connectivity index (χ1n) is 6.69. The Kier molecular flexibility index (Phi) is 2.87. The molecule has 1 fully saturated rings. The van der Waals surface area contributed by atoms with E-state index in [1.165, 1.54) is 6.42 Å². The number of rotatable bonds is 3. The fourth-order valence-corrected chi connectivity index (χ4v) is 2.72. The van der Waals surface area contributed by atoms with Crippen molar-refractivity contribution in [2.75, 3.05) is 18.5 Å². The van der Waals surface area contributed by atoms with Crippen molar-refractivity contribution in [3.8, 4) is 6.07 Å². The van der Waals surface area contributed by atoms with Gasteiger partial charge in [-0.2, -0.15) is 5.26 Å². The molecule has 1 aromatic carbocycles. The van der Waals surface area contributed by atoms with Crippen LogP contribution in [0.4, 0.5) is 5.69 Å². The second-order valence-electron chi connectivity index (χ2n) is 5.50. The molecule has 1 aromatic heterocycles. The number of anilines is 1. The van der Waals surface area contributed by atoms with Gasteiger partial charge in [0.15, 0.2) is 0 Å². The van der Waals surface area contributed by atoms with E-state index in [0.29, 0.717) is 5.56 Å². The van der Waals surface area contributed by atoms with Crippen molar-refractivity contribution in [1.82, 2.24) is 4.98 Å². The summed E-state index contributed by atoms with van der Waals surface area (Å²) in [6.45, 7) is 3.30. The van der Waals surface area contributed by atoms with Gasteiger partial charge in [-0.05, 0) is 24.3 Å². The predicted octanol–water partition coefficient (Wildman–Crippen LogP) is 3.20. The zero-order valence-corrected chi connectivity index (χ0v) is 11.3. The molecule has 1 saturated carbocycles. The average molecular weight is 251 g/mol. The number of benzene rings is 1. The molecule has 0 bridgehead atoms. The third-order valence-electron chi connectivity index (χ3n) is 4.03. The normalized spacial score (nSPS) is 21.1. The Morgan fingerprint density at radius 3 is 2.84 bits per heavy atom. The Balaban J connectivity index is 2.06. The van der Waals surface area contributed by atoms with E-state index in [1.807, 2.05) is 24.3 Å². The van der Waals surface area contributed by atoms with E-state index in [9.17, 15) is 5.26 Å². The number of pyridine rings is 1. The summed E-state index contributed by atoms with van der Waals surface area (Å²) in [6.07, 6.45) is 2.99. The minimum absolute atomic E-state index is 0.662. The first-order valence-corrected chi connectivity index (χ1v) is 6.69. The van der Waals surface area contributed by atoms with Gasteiger partial charge in [0, 0.05) is 25.2 Å². The first kappa shape index (κ1) is 12.0. The van der Waals surface area contributed by atoms with Crippen LogP contribution in [0.25, 0.3) is 10.9 Å². The summed E-state index contributed by atoms with van der Waals surface area (Å²) in [5.74, 6) is 1.59. The standard InChI is InChI=1S/C16H17N3/c1-11-7-12(11)10-19(2)16-13(8-17)9-18-15-6-4-3-5-14(15)16/h3-6,9,11-12H,7,10H2,1-2H3. The van der Waals surface area contributed by atoms with Gasteiger partial charge in [0.1, 0.15) is 6.07 Å². The summed E-state index contributed by atoms with van der Waals surface area (Å²) in [5.41, 5.74) is 2.63. The highest BCUT2D eigenvalue weighted by atomic mass is 15.1. The lowest BCUT2D eigenvalue weighted by atomic mass is 10.1. The van der Waals surface area contributed by atoms with E-state index in [4.69, 9.17) is 0 Å². The zero-order chi connectivity index (χ0) is 13.4. The molecule has 2 unspecified atom stereocenters. The Labute approximate surface area is 113 Å². The lowest BCUT2D eigenvalue weighted by Crippen LogP contribution is -2.22. The molecule has 0 radical (unpaired) electrons. The van der Waals surface area contributed by atoms with Crippen LogP contribution in [0, 0.1) is 23.2 Å². The minimum atomic E-state index is 0.662. The Morgan fingerprint density at radius 1 is 1.42 bits per heavy atom. The van der Waals surface area contributed by atoms with Crippen LogP contribution < -0.4 is 4.90 Å². The Morgan fingerprint density at radius 2 is 2.16 bits per heavy atom. The van der Waals surface area contributed by atoms with Crippen molar-refractivity contribution in [2.24, 2.45) is 11.8 Å². The smallest absolute Gasteiger partial charge is 0.103 e. The molecule has 3 heteroatoms. The maximum atomic E-state index is 9.31. The molecule has 1 aliphatic rings. The van der Waals surface area contributed by atoms with E-state index in [-0.39, 0.29) is 0 Å². The number of nitrogens with zero attached hydrogens (tertiary/aromatic N) is 3. The fourth-order valence-electron chi connectivity index (χ4n) is 2.72. The SMILES string of the molecule is CC1CC1CN(C)c1c(C#N)cnc2ccccc12. The van der Waals surface area contributed by atoms with E-state index in [2.05, 4.69) is 29.9 Å². The fraction of sp³-hybridized carbons (Fsp3) is 0.375. The van der Waals surface area contributed by atoms with Crippen molar-refractivity contribution in [3.63, 3.8) is 0 Å². The van der Waals surface area contributed by atoms with Crippen LogP contribution >= 0.6 is 0 Å². The third-order valence-corrected chi connectivity index (χ3v) is 4.03. The van der Waals surface area contributed by atoms with Crippen LogP contribution in [-0.4, -0.2) is 18.6 Å². The summed E-state index contributed by atoms with van der Waals surface area (Å²) in [6, 6.07) is 10.3. The lowest BCUT2D eigenvalue weighted by molar-refractivity contribution is 0.726. The van der Waals surface area contributed by atoms with Crippen LogP contribution in [-0.2, 0) is 0 Å². The van der Waals surface area contributed by atoms with Crippen LogP contribution in [0.1, 0.15) is 18.9 Å². The number of fused-ring (bicyclic) bond motifs is 1. The summed E-state index contributed by atoms with van der Waals surface area (Å²) >= 11 is 0. The van der Waals surface area contributed by atoms with Crippen LogP contribution in [0.15, 0.2) is 30.5 Å². The number of hydrogen-bond acceptors (Lipinski definition) is 3. The van der Waals surface area contributed by atoms with Crippen LogP contribution in [0.5, 0.6) is 0 Å². The second kappa shape index (κ2) is 4.55. The van der Waals surface area contributed by atoms with Crippen molar-refractivity contribution < 1.29 is 0 Å². The van der Waals surface area contributed by atoms with E-state index in [1.54, 1.807) is 6.20 Å². The van der Waals surface area contributed by atoms with Gasteiger partial charge in [-0.1, -0.05) is 25.1 Å². The molecule has 96 valence electrons. The van der Waals surface area contributed by atoms with Gasteiger partial charge < -0.3 is 4.90 Å². The molecule has 0 N–H and O–H groups in total. The first-order chi connectivity index (χ1) is 9.20. The molecule has 2 atom stereocenters. The predicted molar refractivity (Wildman–Crippen MR) is 77.0 cm³/mol. The summed E-state index contributed by atoms with van der Waals surface area (Å²) < 4.78 is 0.